The second kappa shape index (κ2) is 7.99. The van der Waals surface area contributed by atoms with Crippen molar-refractivity contribution in [1.82, 2.24) is 20.1 Å². The zero-order valence-corrected chi connectivity index (χ0v) is 16.0. The summed E-state index contributed by atoms with van der Waals surface area (Å²) in [5, 5.41) is 7.45. The Morgan fingerprint density at radius 2 is 1.96 bits per heavy atom. The third kappa shape index (κ3) is 3.96. The molecule has 3 rings (SSSR count). The van der Waals surface area contributed by atoms with Gasteiger partial charge < -0.3 is 9.64 Å². The maximum Gasteiger partial charge on any atom is 0.249 e. The standard InChI is InChI=1S/C20H28N4O2/c1-13(2)10-11-16-21-20(23-22-16)19-18(15-8-6-5-7-9-15)24(14(3)4)17(25)12-26-19/h5-9,13-14,18-19H,10-12H2,1-4H3,(H,21,22,23)/t18-,19+/m1/s1. The number of nitrogens with one attached hydrogen (secondary N) is 1. The number of hydrogen-bond donors (Lipinski definition) is 1. The highest BCUT2D eigenvalue weighted by Crippen LogP contribution is 2.39. The van der Waals surface area contributed by atoms with Crippen LogP contribution in [0.3, 0.4) is 0 Å². The van der Waals surface area contributed by atoms with Gasteiger partial charge in [-0.2, -0.15) is 5.10 Å². The van der Waals surface area contributed by atoms with Gasteiger partial charge in [0, 0.05) is 12.5 Å². The highest BCUT2D eigenvalue weighted by molar-refractivity contribution is 5.79. The summed E-state index contributed by atoms with van der Waals surface area (Å²) in [5.41, 5.74) is 1.03. The van der Waals surface area contributed by atoms with E-state index in [1.54, 1.807) is 0 Å². The predicted octanol–water partition coefficient (Wildman–Crippen LogP) is 3.44. The molecule has 140 valence electrons. The van der Waals surface area contributed by atoms with E-state index in [-0.39, 0.29) is 30.7 Å². The Morgan fingerprint density at radius 3 is 2.62 bits per heavy atom. The van der Waals surface area contributed by atoms with E-state index in [1.165, 1.54) is 0 Å². The molecule has 0 bridgehead atoms. The molecular formula is C20H28N4O2. The van der Waals surface area contributed by atoms with E-state index in [2.05, 4.69) is 29.0 Å². The van der Waals surface area contributed by atoms with Crippen molar-refractivity contribution in [2.75, 3.05) is 6.61 Å². The van der Waals surface area contributed by atoms with E-state index in [1.807, 2.05) is 49.1 Å². The largest absolute Gasteiger partial charge is 0.358 e. The quantitative estimate of drug-likeness (QED) is 0.861. The van der Waals surface area contributed by atoms with Crippen molar-refractivity contribution in [3.63, 3.8) is 0 Å². The van der Waals surface area contributed by atoms with Gasteiger partial charge in [0.15, 0.2) is 5.82 Å². The number of carbonyl (C=O) groups is 1. The average Bonchev–Trinajstić information content (AvgIpc) is 3.09. The zero-order chi connectivity index (χ0) is 18.7. The first-order chi connectivity index (χ1) is 12.5. The summed E-state index contributed by atoms with van der Waals surface area (Å²) in [4.78, 5) is 19.1. The van der Waals surface area contributed by atoms with Crippen LogP contribution in [-0.2, 0) is 16.0 Å². The summed E-state index contributed by atoms with van der Waals surface area (Å²) >= 11 is 0. The molecule has 0 aliphatic carbocycles. The number of rotatable bonds is 6. The first-order valence-corrected chi connectivity index (χ1v) is 9.36. The normalized spacial score (nSPS) is 21.0. The molecule has 1 aromatic carbocycles. The fourth-order valence-corrected chi connectivity index (χ4v) is 3.41. The molecule has 2 heterocycles. The number of H-pyrrole nitrogens is 1. The van der Waals surface area contributed by atoms with Crippen LogP contribution >= 0.6 is 0 Å². The Morgan fingerprint density at radius 1 is 1.23 bits per heavy atom. The van der Waals surface area contributed by atoms with E-state index in [0.717, 1.165) is 24.2 Å². The topological polar surface area (TPSA) is 71.1 Å². The van der Waals surface area contributed by atoms with Gasteiger partial charge in [0.2, 0.25) is 5.91 Å². The van der Waals surface area contributed by atoms with Crippen molar-refractivity contribution >= 4 is 5.91 Å². The van der Waals surface area contributed by atoms with Gasteiger partial charge in [0.05, 0.1) is 6.04 Å². The van der Waals surface area contributed by atoms with E-state index in [9.17, 15) is 4.79 Å². The lowest BCUT2D eigenvalue weighted by molar-refractivity contribution is -0.162. The Labute approximate surface area is 155 Å². The molecule has 1 aliphatic rings. The number of amides is 1. The van der Waals surface area contributed by atoms with Gasteiger partial charge in [-0.25, -0.2) is 4.98 Å². The summed E-state index contributed by atoms with van der Waals surface area (Å²) in [6.45, 7) is 8.50. The summed E-state index contributed by atoms with van der Waals surface area (Å²) < 4.78 is 5.93. The van der Waals surface area contributed by atoms with Crippen molar-refractivity contribution in [2.45, 2.75) is 58.7 Å². The molecule has 1 N–H and O–H groups in total. The van der Waals surface area contributed by atoms with Gasteiger partial charge in [-0.3, -0.25) is 9.89 Å². The molecule has 6 nitrogen and oxygen atoms in total. The molecule has 26 heavy (non-hydrogen) atoms. The lowest BCUT2D eigenvalue weighted by Crippen LogP contribution is -2.49. The summed E-state index contributed by atoms with van der Waals surface area (Å²) in [5.74, 6) is 2.11. The van der Waals surface area contributed by atoms with Gasteiger partial charge in [0.25, 0.3) is 0 Å². The summed E-state index contributed by atoms with van der Waals surface area (Å²) in [7, 11) is 0. The Hall–Kier alpha value is -2.21. The molecule has 1 amide bonds. The Kier molecular flexibility index (Phi) is 5.71. The number of aromatic amines is 1. The molecule has 0 radical (unpaired) electrons. The van der Waals surface area contributed by atoms with Crippen molar-refractivity contribution in [1.29, 1.82) is 0 Å². The van der Waals surface area contributed by atoms with E-state index < -0.39 is 0 Å². The molecule has 0 saturated carbocycles. The van der Waals surface area contributed by atoms with Crippen molar-refractivity contribution in [3.8, 4) is 0 Å². The second-order valence-electron chi connectivity index (χ2n) is 7.55. The van der Waals surface area contributed by atoms with Crippen LogP contribution in [-0.4, -0.2) is 38.6 Å². The number of nitrogens with zero attached hydrogens (tertiary/aromatic N) is 3. The summed E-state index contributed by atoms with van der Waals surface area (Å²) in [6.07, 6.45) is 1.54. The monoisotopic (exact) mass is 356 g/mol. The van der Waals surface area contributed by atoms with Crippen LogP contribution in [0.4, 0.5) is 0 Å². The molecule has 0 unspecified atom stereocenters. The van der Waals surface area contributed by atoms with Gasteiger partial charge in [-0.15, -0.1) is 0 Å². The highest BCUT2D eigenvalue weighted by Gasteiger charge is 2.41. The SMILES string of the molecule is CC(C)CCc1nc([C@H]2OCC(=O)N(C(C)C)[C@@H]2c2ccccc2)n[nH]1. The van der Waals surface area contributed by atoms with Crippen LogP contribution < -0.4 is 0 Å². The minimum absolute atomic E-state index is 0.000620. The fourth-order valence-electron chi connectivity index (χ4n) is 3.41. The smallest absolute Gasteiger partial charge is 0.249 e. The Bertz CT molecular complexity index is 726. The molecule has 1 aromatic heterocycles. The van der Waals surface area contributed by atoms with E-state index >= 15 is 0 Å². The van der Waals surface area contributed by atoms with Crippen molar-refractivity contribution < 1.29 is 9.53 Å². The first kappa shape index (κ1) is 18.6. The van der Waals surface area contributed by atoms with E-state index in [0.29, 0.717) is 11.7 Å². The predicted molar refractivity (Wildman–Crippen MR) is 99.4 cm³/mol. The van der Waals surface area contributed by atoms with E-state index in [4.69, 9.17) is 4.74 Å². The zero-order valence-electron chi connectivity index (χ0n) is 16.0. The molecular weight excluding hydrogens is 328 g/mol. The van der Waals surface area contributed by atoms with Crippen molar-refractivity contribution in [3.05, 3.63) is 47.5 Å². The van der Waals surface area contributed by atoms with Gasteiger partial charge in [-0.1, -0.05) is 44.2 Å². The minimum atomic E-state index is -0.374. The molecule has 2 atom stereocenters. The van der Waals surface area contributed by atoms with Crippen LogP contribution in [0.2, 0.25) is 0 Å². The second-order valence-corrected chi connectivity index (χ2v) is 7.55. The third-order valence-electron chi connectivity index (χ3n) is 4.72. The number of hydrogen-bond acceptors (Lipinski definition) is 4. The number of ether oxygens (including phenoxy) is 1. The van der Waals surface area contributed by atoms with Crippen LogP contribution in [0.25, 0.3) is 0 Å². The Balaban J connectivity index is 1.92. The lowest BCUT2D eigenvalue weighted by atomic mass is 9.96. The number of aromatic nitrogens is 3. The van der Waals surface area contributed by atoms with Crippen LogP contribution in [0.5, 0.6) is 0 Å². The number of benzene rings is 1. The van der Waals surface area contributed by atoms with Crippen LogP contribution in [0, 0.1) is 5.92 Å². The molecule has 2 aromatic rings. The lowest BCUT2D eigenvalue weighted by Gasteiger charge is -2.42. The third-order valence-corrected chi connectivity index (χ3v) is 4.72. The fraction of sp³-hybridized carbons (Fsp3) is 0.550. The van der Waals surface area contributed by atoms with Gasteiger partial charge in [-0.05, 0) is 31.7 Å². The summed E-state index contributed by atoms with van der Waals surface area (Å²) in [6, 6.07) is 9.83. The highest BCUT2D eigenvalue weighted by atomic mass is 16.5. The number of morpholine rings is 1. The molecule has 1 aliphatic heterocycles. The molecule has 6 heteroatoms. The number of carbonyl (C=O) groups excluding carboxylic acids is 1. The molecule has 1 saturated heterocycles. The van der Waals surface area contributed by atoms with Gasteiger partial charge in [0.1, 0.15) is 18.5 Å². The van der Waals surface area contributed by atoms with Gasteiger partial charge >= 0.3 is 0 Å². The minimum Gasteiger partial charge on any atom is -0.358 e. The van der Waals surface area contributed by atoms with Crippen molar-refractivity contribution in [2.24, 2.45) is 5.92 Å². The maximum atomic E-state index is 12.5. The molecule has 0 spiro atoms. The van der Waals surface area contributed by atoms with Crippen LogP contribution in [0.1, 0.15) is 63.5 Å². The number of aryl methyl sites for hydroxylation is 1. The first-order valence-electron chi connectivity index (χ1n) is 9.36. The molecule has 1 fully saturated rings. The van der Waals surface area contributed by atoms with Crippen LogP contribution in [0.15, 0.2) is 30.3 Å². The maximum absolute atomic E-state index is 12.5. The average molecular weight is 356 g/mol.